The first-order valence-electron chi connectivity index (χ1n) is 19.7. The van der Waals surface area contributed by atoms with Crippen LogP contribution in [0.4, 0.5) is 9.59 Å². The van der Waals surface area contributed by atoms with Gasteiger partial charge in [-0.05, 0) is 72.9 Å². The highest BCUT2D eigenvalue weighted by Crippen LogP contribution is 2.40. The number of imidazole rings is 2. The number of likely N-dealkylation sites (tertiary alicyclic amines) is 2. The number of carbonyl (C=O) groups is 4. The SMILES string of the molecule is COC(=O)NC(C(=O)N1CCCC1c1ncc(-c2ccc(-c3ccc(-c4ccc(-c5cnc(C6CCCN6C(=O)[C@@H](NC(=O)OC)C(C)C)[nH]5)s4)cc3)s2)[nH]1)C(C)C. The predicted octanol–water partition coefficient (Wildman–Crippen LogP) is 8.01. The number of benzene rings is 1. The molecule has 1 aromatic carbocycles. The van der Waals surface area contributed by atoms with Crippen LogP contribution in [0.5, 0.6) is 0 Å². The standard InChI is InChI=1S/C42H50N8O6S2/c1-23(2)35(47-41(53)55-5)39(51)49-19-7-9-29(49)37-43-21-27(45-37)33-17-15-31(57-33)25-11-13-26(14-12-25)32-16-18-34(58-32)28-22-44-38(46-28)30-10-8-20-50(30)40(52)36(24(3)4)48-42(54)56-6/h11-18,21-24,29-30,35-36H,7-10,19-20H2,1-6H3,(H,43,45)(H,44,46)(H,47,53)(H,48,54)/t29?,30?,35-,36?/m0/s1. The number of alkyl carbamates (subject to hydrolysis) is 2. The van der Waals surface area contributed by atoms with E-state index in [9.17, 15) is 19.2 Å². The summed E-state index contributed by atoms with van der Waals surface area (Å²) in [6.07, 6.45) is 5.70. The fourth-order valence-electron chi connectivity index (χ4n) is 7.72. The molecule has 2 fully saturated rings. The first-order chi connectivity index (χ1) is 27.9. The largest absolute Gasteiger partial charge is 0.453 e. The molecule has 4 aromatic heterocycles. The van der Waals surface area contributed by atoms with Crippen LogP contribution in [-0.2, 0) is 19.1 Å². The quantitative estimate of drug-likeness (QED) is 0.0979. The average Bonchev–Trinajstić information content (AvgIpc) is 4.07. The minimum Gasteiger partial charge on any atom is -0.453 e. The van der Waals surface area contributed by atoms with Gasteiger partial charge in [0.25, 0.3) is 0 Å². The molecule has 58 heavy (non-hydrogen) atoms. The van der Waals surface area contributed by atoms with Crippen LogP contribution in [0.25, 0.3) is 42.0 Å². The molecule has 7 rings (SSSR count). The van der Waals surface area contributed by atoms with Gasteiger partial charge in [0, 0.05) is 22.8 Å². The zero-order chi connectivity index (χ0) is 41.1. The van der Waals surface area contributed by atoms with Crippen LogP contribution < -0.4 is 10.6 Å². The smallest absolute Gasteiger partial charge is 0.407 e. The van der Waals surface area contributed by atoms with Crippen LogP contribution in [0, 0.1) is 11.8 Å². The number of methoxy groups -OCH3 is 2. The first-order valence-corrected chi connectivity index (χ1v) is 21.3. The maximum atomic E-state index is 13.6. The number of nitrogens with one attached hydrogen (secondary N) is 4. The number of H-pyrrole nitrogens is 2. The summed E-state index contributed by atoms with van der Waals surface area (Å²) in [5.74, 6) is 1.01. The highest BCUT2D eigenvalue weighted by molar-refractivity contribution is 7.19. The van der Waals surface area contributed by atoms with Crippen molar-refractivity contribution in [2.24, 2.45) is 11.8 Å². The molecule has 4 atom stereocenters. The van der Waals surface area contributed by atoms with E-state index in [1.165, 1.54) is 14.2 Å². The zero-order valence-electron chi connectivity index (χ0n) is 33.5. The Bertz CT molecular complexity index is 2080. The number of ether oxygens (including phenoxy) is 2. The summed E-state index contributed by atoms with van der Waals surface area (Å²) in [6, 6.07) is 15.2. The van der Waals surface area contributed by atoms with Gasteiger partial charge in [-0.25, -0.2) is 19.6 Å². The van der Waals surface area contributed by atoms with Gasteiger partial charge in [-0.15, -0.1) is 22.7 Å². The Morgan fingerprint density at radius 1 is 0.638 bits per heavy atom. The van der Waals surface area contributed by atoms with Crippen molar-refractivity contribution in [2.75, 3.05) is 27.3 Å². The number of carbonyl (C=O) groups excluding carboxylic acids is 4. The van der Waals surface area contributed by atoms with E-state index in [4.69, 9.17) is 19.4 Å². The van der Waals surface area contributed by atoms with Gasteiger partial charge >= 0.3 is 12.2 Å². The molecule has 3 unspecified atom stereocenters. The van der Waals surface area contributed by atoms with E-state index in [0.717, 1.165) is 79.4 Å². The fourth-order valence-corrected chi connectivity index (χ4v) is 9.68. The van der Waals surface area contributed by atoms with Gasteiger partial charge in [0.1, 0.15) is 23.7 Å². The Kier molecular flexibility index (Phi) is 12.3. The normalized spacial score (nSPS) is 17.8. The first kappa shape index (κ1) is 40.7. The second-order valence-electron chi connectivity index (χ2n) is 15.4. The van der Waals surface area contributed by atoms with Crippen molar-refractivity contribution >= 4 is 46.7 Å². The highest BCUT2D eigenvalue weighted by Gasteiger charge is 2.39. The van der Waals surface area contributed by atoms with Crippen molar-refractivity contribution in [1.82, 2.24) is 40.4 Å². The van der Waals surface area contributed by atoms with Crippen molar-refractivity contribution in [3.8, 4) is 42.0 Å². The van der Waals surface area contributed by atoms with Crippen molar-refractivity contribution < 1.29 is 28.7 Å². The van der Waals surface area contributed by atoms with E-state index in [2.05, 4.69) is 69.1 Å². The molecule has 2 aliphatic rings. The Hall–Kier alpha value is -5.48. The van der Waals surface area contributed by atoms with Gasteiger partial charge in [-0.2, -0.15) is 0 Å². The van der Waals surface area contributed by atoms with Crippen LogP contribution in [0.1, 0.15) is 77.1 Å². The lowest BCUT2D eigenvalue weighted by molar-refractivity contribution is -0.136. The average molecular weight is 827 g/mol. The molecule has 0 bridgehead atoms. The van der Waals surface area contributed by atoms with Crippen LogP contribution in [-0.4, -0.2) is 93.1 Å². The van der Waals surface area contributed by atoms with Crippen LogP contribution >= 0.6 is 22.7 Å². The summed E-state index contributed by atoms with van der Waals surface area (Å²) >= 11 is 3.35. The summed E-state index contributed by atoms with van der Waals surface area (Å²) in [4.78, 5) is 75.4. The molecule has 306 valence electrons. The number of aromatic amines is 2. The highest BCUT2D eigenvalue weighted by atomic mass is 32.1. The maximum absolute atomic E-state index is 13.6. The molecule has 0 radical (unpaired) electrons. The molecule has 2 saturated heterocycles. The predicted molar refractivity (Wildman–Crippen MR) is 224 cm³/mol. The summed E-state index contributed by atoms with van der Waals surface area (Å²) in [5, 5.41) is 5.41. The van der Waals surface area contributed by atoms with E-state index >= 15 is 0 Å². The number of aromatic nitrogens is 4. The van der Waals surface area contributed by atoms with Crippen LogP contribution in [0.3, 0.4) is 0 Å². The van der Waals surface area contributed by atoms with E-state index in [1.807, 2.05) is 49.9 Å². The lowest BCUT2D eigenvalue weighted by Crippen LogP contribution is -2.51. The minimum atomic E-state index is -0.684. The van der Waals surface area contributed by atoms with E-state index in [-0.39, 0.29) is 35.7 Å². The molecule has 0 saturated carbocycles. The Morgan fingerprint density at radius 2 is 1.02 bits per heavy atom. The third-order valence-electron chi connectivity index (χ3n) is 10.9. The second kappa shape index (κ2) is 17.6. The van der Waals surface area contributed by atoms with Crippen molar-refractivity contribution in [3.63, 3.8) is 0 Å². The van der Waals surface area contributed by atoms with Crippen molar-refractivity contribution in [1.29, 1.82) is 0 Å². The maximum Gasteiger partial charge on any atom is 0.407 e. The Labute approximate surface area is 345 Å². The monoisotopic (exact) mass is 826 g/mol. The molecule has 16 heteroatoms. The lowest BCUT2D eigenvalue weighted by Gasteiger charge is -2.30. The number of hydrogen-bond acceptors (Lipinski definition) is 10. The van der Waals surface area contributed by atoms with Gasteiger partial charge in [-0.1, -0.05) is 52.0 Å². The number of thiophene rings is 2. The van der Waals surface area contributed by atoms with E-state index in [1.54, 1.807) is 22.7 Å². The molecule has 4 amide bonds. The fraction of sp³-hybridized carbons (Fsp3) is 0.429. The molecule has 5 aromatic rings. The van der Waals surface area contributed by atoms with Crippen molar-refractivity contribution in [3.05, 3.63) is 72.6 Å². The number of nitrogens with zero attached hydrogens (tertiary/aromatic N) is 4. The summed E-state index contributed by atoms with van der Waals surface area (Å²) in [7, 11) is 2.59. The number of hydrogen-bond donors (Lipinski definition) is 4. The van der Waals surface area contributed by atoms with Gasteiger partial charge in [-0.3, -0.25) is 9.59 Å². The van der Waals surface area contributed by atoms with E-state index in [0.29, 0.717) is 13.1 Å². The van der Waals surface area contributed by atoms with Gasteiger partial charge < -0.3 is 39.9 Å². The summed E-state index contributed by atoms with van der Waals surface area (Å²) in [5.41, 5.74) is 4.01. The molecule has 14 nitrogen and oxygen atoms in total. The number of rotatable bonds is 12. The van der Waals surface area contributed by atoms with Gasteiger partial charge in [0.15, 0.2) is 0 Å². The topological polar surface area (TPSA) is 175 Å². The second-order valence-corrected chi connectivity index (χ2v) is 17.5. The molecule has 4 N–H and O–H groups in total. The summed E-state index contributed by atoms with van der Waals surface area (Å²) in [6.45, 7) is 8.82. The number of amides is 4. The van der Waals surface area contributed by atoms with Crippen molar-refractivity contribution in [2.45, 2.75) is 77.5 Å². The molecule has 6 heterocycles. The van der Waals surface area contributed by atoms with Gasteiger partial charge in [0.05, 0.1) is 59.8 Å². The van der Waals surface area contributed by atoms with E-state index < -0.39 is 24.3 Å². The Morgan fingerprint density at radius 3 is 1.38 bits per heavy atom. The summed E-state index contributed by atoms with van der Waals surface area (Å²) < 4.78 is 9.53. The third-order valence-corrected chi connectivity index (χ3v) is 13.2. The molecule has 2 aliphatic heterocycles. The van der Waals surface area contributed by atoms with Crippen LogP contribution in [0.2, 0.25) is 0 Å². The van der Waals surface area contributed by atoms with Crippen LogP contribution in [0.15, 0.2) is 60.9 Å². The minimum absolute atomic E-state index is 0.101. The molecule has 0 spiro atoms. The molecular weight excluding hydrogens is 777 g/mol. The lowest BCUT2D eigenvalue weighted by atomic mass is 10.0. The van der Waals surface area contributed by atoms with Gasteiger partial charge in [0.2, 0.25) is 11.8 Å². The Balaban J connectivity index is 0.999. The third kappa shape index (κ3) is 8.53. The zero-order valence-corrected chi connectivity index (χ0v) is 35.2. The molecule has 0 aliphatic carbocycles. The molecular formula is C42H50N8O6S2.